The van der Waals surface area contributed by atoms with Crippen LogP contribution in [0.2, 0.25) is 0 Å². The third-order valence-corrected chi connectivity index (χ3v) is 4.73. The minimum absolute atomic E-state index is 0.0190. The summed E-state index contributed by atoms with van der Waals surface area (Å²) in [7, 11) is -3.77. The maximum Gasteiger partial charge on any atom is 0.240 e. The second-order valence-electron chi connectivity index (χ2n) is 5.41. The lowest BCUT2D eigenvalue weighted by molar-refractivity contribution is -0.116. The van der Waals surface area contributed by atoms with Crippen molar-refractivity contribution in [1.29, 1.82) is 0 Å². The Balaban J connectivity index is 1.86. The van der Waals surface area contributed by atoms with Gasteiger partial charge in [-0.05, 0) is 48.5 Å². The largest absolute Gasteiger partial charge is 0.326 e. The zero-order valence-electron chi connectivity index (χ0n) is 14.0. The van der Waals surface area contributed by atoms with Crippen molar-refractivity contribution in [3.8, 4) is 0 Å². The van der Waals surface area contributed by atoms with Gasteiger partial charge in [-0.3, -0.25) is 9.59 Å². The minimum atomic E-state index is -3.77. The summed E-state index contributed by atoms with van der Waals surface area (Å²) in [6.07, 6.45) is -0.0828. The number of nitrogens with one attached hydrogen (secondary N) is 3. The average Bonchev–Trinajstić information content (AvgIpc) is 2.57. The fraction of sp³-hybridized carbons (Fsp3) is 0.176. The zero-order chi connectivity index (χ0) is 19.2. The summed E-state index contributed by atoms with van der Waals surface area (Å²) in [5.41, 5.74) is 0.906. The van der Waals surface area contributed by atoms with Gasteiger partial charge >= 0.3 is 0 Å². The molecule has 2 aromatic carbocycles. The highest BCUT2D eigenvalue weighted by atomic mass is 32.2. The highest BCUT2D eigenvalue weighted by Crippen LogP contribution is 2.14. The van der Waals surface area contributed by atoms with Gasteiger partial charge in [-0.15, -0.1) is 0 Å². The summed E-state index contributed by atoms with van der Waals surface area (Å²) < 4.78 is 39.5. The van der Waals surface area contributed by atoms with Crippen LogP contribution in [0, 0.1) is 5.82 Å². The topological polar surface area (TPSA) is 104 Å². The lowest BCUT2D eigenvalue weighted by atomic mass is 10.3. The van der Waals surface area contributed by atoms with E-state index < -0.39 is 21.7 Å². The van der Waals surface area contributed by atoms with Gasteiger partial charge in [-0.1, -0.05) is 0 Å². The Morgan fingerprint density at radius 3 is 2.04 bits per heavy atom. The Kier molecular flexibility index (Phi) is 6.42. The first-order valence-electron chi connectivity index (χ1n) is 7.69. The Labute approximate surface area is 150 Å². The van der Waals surface area contributed by atoms with Crippen LogP contribution in [0.25, 0.3) is 0 Å². The van der Waals surface area contributed by atoms with Crippen LogP contribution >= 0.6 is 0 Å². The van der Waals surface area contributed by atoms with Crippen molar-refractivity contribution < 1.29 is 22.4 Å². The van der Waals surface area contributed by atoms with E-state index >= 15 is 0 Å². The lowest BCUT2D eigenvalue weighted by Gasteiger charge is -2.08. The Morgan fingerprint density at radius 2 is 1.46 bits per heavy atom. The summed E-state index contributed by atoms with van der Waals surface area (Å²) in [6, 6.07) is 10.9. The van der Waals surface area contributed by atoms with E-state index in [1.807, 2.05) is 0 Å². The van der Waals surface area contributed by atoms with Crippen LogP contribution in [0.5, 0.6) is 0 Å². The lowest BCUT2D eigenvalue weighted by Crippen LogP contribution is -2.27. The fourth-order valence-corrected chi connectivity index (χ4v) is 3.09. The molecule has 7 nitrogen and oxygen atoms in total. The molecule has 0 bridgehead atoms. The molecule has 0 aliphatic rings. The van der Waals surface area contributed by atoms with Gasteiger partial charge in [0, 0.05) is 31.3 Å². The van der Waals surface area contributed by atoms with Crippen LogP contribution in [0.15, 0.2) is 53.4 Å². The number of amides is 2. The smallest absolute Gasteiger partial charge is 0.240 e. The van der Waals surface area contributed by atoms with E-state index in [4.69, 9.17) is 0 Å². The highest BCUT2D eigenvalue weighted by Gasteiger charge is 2.14. The van der Waals surface area contributed by atoms with E-state index in [0.29, 0.717) is 11.4 Å². The van der Waals surface area contributed by atoms with Crippen molar-refractivity contribution in [1.82, 2.24) is 4.72 Å². The SMILES string of the molecule is CC(=O)Nc1ccc(S(=O)(=O)NCCC(=O)Nc2ccc(F)cc2)cc1. The Morgan fingerprint density at radius 1 is 0.923 bits per heavy atom. The van der Waals surface area contributed by atoms with Crippen molar-refractivity contribution >= 4 is 33.2 Å². The molecule has 0 aliphatic carbocycles. The summed E-state index contributed by atoms with van der Waals surface area (Å²) in [5.74, 6) is -1.08. The van der Waals surface area contributed by atoms with E-state index in [9.17, 15) is 22.4 Å². The van der Waals surface area contributed by atoms with Crippen molar-refractivity contribution in [3.63, 3.8) is 0 Å². The number of sulfonamides is 1. The minimum Gasteiger partial charge on any atom is -0.326 e. The summed E-state index contributed by atoms with van der Waals surface area (Å²) in [5, 5.41) is 5.08. The zero-order valence-corrected chi connectivity index (χ0v) is 14.8. The third-order valence-electron chi connectivity index (χ3n) is 3.26. The predicted molar refractivity (Wildman–Crippen MR) is 95.6 cm³/mol. The molecule has 0 spiro atoms. The molecule has 0 fully saturated rings. The average molecular weight is 379 g/mol. The van der Waals surface area contributed by atoms with Gasteiger partial charge in [0.1, 0.15) is 5.82 Å². The van der Waals surface area contributed by atoms with Gasteiger partial charge in [-0.25, -0.2) is 17.5 Å². The van der Waals surface area contributed by atoms with Gasteiger partial charge in [-0.2, -0.15) is 0 Å². The molecule has 26 heavy (non-hydrogen) atoms. The number of carbonyl (C=O) groups excluding carboxylic acids is 2. The number of hydrogen-bond donors (Lipinski definition) is 3. The van der Waals surface area contributed by atoms with E-state index in [-0.39, 0.29) is 23.8 Å². The van der Waals surface area contributed by atoms with Crippen LogP contribution < -0.4 is 15.4 Å². The molecule has 2 rings (SSSR count). The molecule has 0 saturated carbocycles. The predicted octanol–water partition coefficient (Wildman–Crippen LogP) is 2.09. The normalized spacial score (nSPS) is 11.0. The molecule has 0 saturated heterocycles. The first-order valence-corrected chi connectivity index (χ1v) is 9.17. The molecular formula is C17H18FN3O4S. The van der Waals surface area contributed by atoms with E-state index in [2.05, 4.69) is 15.4 Å². The van der Waals surface area contributed by atoms with E-state index in [1.165, 1.54) is 55.5 Å². The molecule has 0 aliphatic heterocycles. The molecule has 2 amide bonds. The quantitative estimate of drug-likeness (QED) is 0.685. The number of rotatable bonds is 7. The van der Waals surface area contributed by atoms with Gasteiger partial charge in [0.25, 0.3) is 0 Å². The molecule has 138 valence electrons. The molecule has 9 heteroatoms. The van der Waals surface area contributed by atoms with Crippen molar-refractivity contribution in [2.24, 2.45) is 0 Å². The molecule has 0 radical (unpaired) electrons. The third kappa shape index (κ3) is 5.94. The summed E-state index contributed by atoms with van der Waals surface area (Å²) in [6.45, 7) is 1.26. The molecule has 2 aromatic rings. The molecular weight excluding hydrogens is 361 g/mol. The van der Waals surface area contributed by atoms with Crippen LogP contribution in [0.1, 0.15) is 13.3 Å². The first kappa shape index (κ1) is 19.5. The number of carbonyl (C=O) groups is 2. The van der Waals surface area contributed by atoms with Crippen LogP contribution in [0.4, 0.5) is 15.8 Å². The van der Waals surface area contributed by atoms with Crippen LogP contribution in [-0.4, -0.2) is 26.8 Å². The van der Waals surface area contributed by atoms with Gasteiger partial charge in [0.2, 0.25) is 21.8 Å². The number of halogens is 1. The maximum atomic E-state index is 12.8. The maximum absolute atomic E-state index is 12.8. The number of benzene rings is 2. The highest BCUT2D eigenvalue weighted by molar-refractivity contribution is 7.89. The van der Waals surface area contributed by atoms with Crippen molar-refractivity contribution in [2.75, 3.05) is 17.2 Å². The van der Waals surface area contributed by atoms with Gasteiger partial charge in [0.15, 0.2) is 0 Å². The summed E-state index contributed by atoms with van der Waals surface area (Å²) in [4.78, 5) is 22.8. The molecule has 0 aromatic heterocycles. The van der Waals surface area contributed by atoms with Crippen molar-refractivity contribution in [3.05, 3.63) is 54.3 Å². The van der Waals surface area contributed by atoms with Crippen LogP contribution in [0.3, 0.4) is 0 Å². The van der Waals surface area contributed by atoms with E-state index in [1.54, 1.807) is 0 Å². The molecule has 0 unspecified atom stereocenters. The second-order valence-corrected chi connectivity index (χ2v) is 7.18. The number of hydrogen-bond acceptors (Lipinski definition) is 4. The molecule has 0 heterocycles. The molecule has 0 atom stereocenters. The summed E-state index contributed by atoms with van der Waals surface area (Å²) >= 11 is 0. The monoisotopic (exact) mass is 379 g/mol. The van der Waals surface area contributed by atoms with Gasteiger partial charge < -0.3 is 10.6 Å². The number of anilines is 2. The standard InChI is InChI=1S/C17H18FN3O4S/c1-12(22)20-14-6-8-16(9-7-14)26(24,25)19-11-10-17(23)21-15-4-2-13(18)3-5-15/h2-9,19H,10-11H2,1H3,(H,20,22)(H,21,23). The Hall–Kier alpha value is -2.78. The second kappa shape index (κ2) is 8.54. The van der Waals surface area contributed by atoms with Gasteiger partial charge in [0.05, 0.1) is 4.90 Å². The first-order chi connectivity index (χ1) is 12.3. The van der Waals surface area contributed by atoms with Crippen molar-refractivity contribution in [2.45, 2.75) is 18.2 Å². The van der Waals surface area contributed by atoms with E-state index in [0.717, 1.165) is 0 Å². The fourth-order valence-electron chi connectivity index (χ4n) is 2.06. The van der Waals surface area contributed by atoms with Crippen LogP contribution in [-0.2, 0) is 19.6 Å². The molecule has 3 N–H and O–H groups in total. The Bertz CT molecular complexity index is 881.